The molecule has 2 N–H and O–H groups in total. The summed E-state index contributed by atoms with van der Waals surface area (Å²) in [6, 6.07) is 9.78. The molecule has 4 heteroatoms. The summed E-state index contributed by atoms with van der Waals surface area (Å²) in [6.45, 7) is 3.96. The number of thiophene rings is 1. The zero-order chi connectivity index (χ0) is 14.7. The molecule has 0 saturated carbocycles. The summed E-state index contributed by atoms with van der Waals surface area (Å²) < 4.78 is 0. The molecule has 0 fully saturated rings. The van der Waals surface area contributed by atoms with Crippen molar-refractivity contribution in [2.24, 2.45) is 0 Å². The number of carbonyl (C=O) groups excluding carboxylic acids is 1. The number of carbonyl (C=O) groups is 1. The van der Waals surface area contributed by atoms with Gasteiger partial charge in [-0.1, -0.05) is 12.1 Å². The zero-order valence-corrected chi connectivity index (χ0v) is 12.9. The molecule has 0 aliphatic heterocycles. The van der Waals surface area contributed by atoms with Gasteiger partial charge in [0, 0.05) is 35.6 Å². The lowest BCUT2D eigenvalue weighted by Crippen LogP contribution is -2.36. The first kappa shape index (κ1) is 14.6. The highest BCUT2D eigenvalue weighted by molar-refractivity contribution is 7.09. The number of hydrogen-bond donors (Lipinski definition) is 1. The summed E-state index contributed by atoms with van der Waals surface area (Å²) in [5, 5.41) is 2.06. The van der Waals surface area contributed by atoms with Crippen LogP contribution in [0.2, 0.25) is 0 Å². The van der Waals surface area contributed by atoms with Crippen molar-refractivity contribution in [2.45, 2.75) is 26.3 Å². The van der Waals surface area contributed by atoms with Crippen LogP contribution < -0.4 is 5.73 Å². The van der Waals surface area contributed by atoms with Gasteiger partial charge >= 0.3 is 0 Å². The molecule has 2 aromatic rings. The number of nitrogens with zero attached hydrogens (tertiary/aromatic N) is 1. The summed E-state index contributed by atoms with van der Waals surface area (Å²) >= 11 is 1.72. The molecule has 1 amide bonds. The van der Waals surface area contributed by atoms with Crippen LogP contribution in [0.25, 0.3) is 0 Å². The SMILES string of the molecule is Cc1c(N)cccc1C(=O)N(C)C(C)Cc1cccs1. The highest BCUT2D eigenvalue weighted by Gasteiger charge is 2.20. The third-order valence-corrected chi connectivity index (χ3v) is 4.56. The van der Waals surface area contributed by atoms with E-state index in [2.05, 4.69) is 18.4 Å². The monoisotopic (exact) mass is 288 g/mol. The largest absolute Gasteiger partial charge is 0.398 e. The predicted molar refractivity (Wildman–Crippen MR) is 85.2 cm³/mol. The Hall–Kier alpha value is -1.81. The fourth-order valence-corrected chi connectivity index (χ4v) is 2.96. The minimum Gasteiger partial charge on any atom is -0.398 e. The van der Waals surface area contributed by atoms with E-state index in [4.69, 9.17) is 5.73 Å². The van der Waals surface area contributed by atoms with Gasteiger partial charge in [-0.2, -0.15) is 0 Å². The van der Waals surface area contributed by atoms with E-state index in [-0.39, 0.29) is 11.9 Å². The van der Waals surface area contributed by atoms with Crippen LogP contribution in [-0.2, 0) is 6.42 Å². The van der Waals surface area contributed by atoms with Crippen molar-refractivity contribution in [1.82, 2.24) is 4.90 Å². The van der Waals surface area contributed by atoms with Gasteiger partial charge in [0.05, 0.1) is 0 Å². The molecule has 1 heterocycles. The van der Waals surface area contributed by atoms with Crippen LogP contribution in [0.5, 0.6) is 0 Å². The summed E-state index contributed by atoms with van der Waals surface area (Å²) in [4.78, 5) is 15.6. The van der Waals surface area contributed by atoms with Crippen LogP contribution in [0.3, 0.4) is 0 Å². The van der Waals surface area contributed by atoms with Crippen LogP contribution in [0.4, 0.5) is 5.69 Å². The fraction of sp³-hybridized carbons (Fsp3) is 0.312. The number of amides is 1. The number of hydrogen-bond acceptors (Lipinski definition) is 3. The number of nitrogen functional groups attached to an aromatic ring is 1. The first-order valence-electron chi connectivity index (χ1n) is 6.65. The Morgan fingerprint density at radius 2 is 2.10 bits per heavy atom. The summed E-state index contributed by atoms with van der Waals surface area (Å²) in [5.41, 5.74) is 8.08. The third kappa shape index (κ3) is 3.02. The van der Waals surface area contributed by atoms with Crippen LogP contribution in [0, 0.1) is 6.92 Å². The molecule has 20 heavy (non-hydrogen) atoms. The molecule has 0 aliphatic rings. The van der Waals surface area contributed by atoms with E-state index in [1.54, 1.807) is 16.2 Å². The van der Waals surface area contributed by atoms with Crippen LogP contribution in [-0.4, -0.2) is 23.9 Å². The molecule has 1 unspecified atom stereocenters. The van der Waals surface area contributed by atoms with Gasteiger partial charge in [0.25, 0.3) is 5.91 Å². The number of likely N-dealkylation sites (N-methyl/N-ethyl adjacent to an activating group) is 1. The second-order valence-corrected chi connectivity index (χ2v) is 6.10. The second-order valence-electron chi connectivity index (χ2n) is 5.07. The first-order valence-corrected chi connectivity index (χ1v) is 7.53. The molecule has 1 aromatic heterocycles. The molecule has 1 aromatic carbocycles. The highest BCUT2D eigenvalue weighted by atomic mass is 32.1. The molecule has 0 saturated heterocycles. The van der Waals surface area contributed by atoms with Gasteiger partial charge < -0.3 is 10.6 Å². The second kappa shape index (κ2) is 6.09. The predicted octanol–water partition coefficient (Wildman–Crippen LogP) is 3.34. The molecule has 1 atom stereocenters. The van der Waals surface area contributed by atoms with E-state index in [0.29, 0.717) is 11.3 Å². The van der Waals surface area contributed by atoms with Crippen LogP contribution in [0.15, 0.2) is 35.7 Å². The molecular weight excluding hydrogens is 268 g/mol. The first-order chi connectivity index (χ1) is 9.50. The molecular formula is C16H20N2OS. The van der Waals surface area contributed by atoms with E-state index in [1.165, 1.54) is 4.88 Å². The highest BCUT2D eigenvalue weighted by Crippen LogP contribution is 2.19. The molecule has 0 spiro atoms. The van der Waals surface area contributed by atoms with Gasteiger partial charge in [-0.15, -0.1) is 11.3 Å². The van der Waals surface area contributed by atoms with E-state index in [9.17, 15) is 4.79 Å². The third-order valence-electron chi connectivity index (χ3n) is 3.66. The Balaban J connectivity index is 2.13. The number of rotatable bonds is 4. The standard InChI is InChI=1S/C16H20N2OS/c1-11(10-13-6-5-9-20-13)18(3)16(19)14-7-4-8-15(17)12(14)2/h4-9,11H,10,17H2,1-3H3. The Bertz CT molecular complexity index is 593. The average molecular weight is 288 g/mol. The van der Waals surface area contributed by atoms with E-state index >= 15 is 0 Å². The van der Waals surface area contributed by atoms with Crippen molar-refractivity contribution in [2.75, 3.05) is 12.8 Å². The average Bonchev–Trinajstić information content (AvgIpc) is 2.93. The molecule has 106 valence electrons. The maximum absolute atomic E-state index is 12.6. The maximum Gasteiger partial charge on any atom is 0.254 e. The molecule has 3 nitrogen and oxygen atoms in total. The van der Waals surface area contributed by atoms with Gasteiger partial charge in [-0.25, -0.2) is 0 Å². The van der Waals surface area contributed by atoms with E-state index in [1.807, 2.05) is 38.2 Å². The maximum atomic E-state index is 12.6. The van der Waals surface area contributed by atoms with Crippen LogP contribution in [0.1, 0.15) is 27.7 Å². The molecule has 2 rings (SSSR count). The van der Waals surface area contributed by atoms with Crippen molar-refractivity contribution in [3.05, 3.63) is 51.7 Å². The van der Waals surface area contributed by atoms with Crippen molar-refractivity contribution in [3.63, 3.8) is 0 Å². The van der Waals surface area contributed by atoms with E-state index in [0.717, 1.165) is 12.0 Å². The molecule has 0 bridgehead atoms. The fourth-order valence-electron chi connectivity index (χ4n) is 2.13. The Labute approximate surface area is 124 Å². The van der Waals surface area contributed by atoms with Crippen molar-refractivity contribution in [1.29, 1.82) is 0 Å². The van der Waals surface area contributed by atoms with E-state index < -0.39 is 0 Å². The minimum atomic E-state index is 0.0267. The van der Waals surface area contributed by atoms with Crippen molar-refractivity contribution < 1.29 is 4.79 Å². The lowest BCUT2D eigenvalue weighted by atomic mass is 10.0. The summed E-state index contributed by atoms with van der Waals surface area (Å²) in [6.07, 6.45) is 0.876. The lowest BCUT2D eigenvalue weighted by Gasteiger charge is -2.25. The summed E-state index contributed by atoms with van der Waals surface area (Å²) in [5.74, 6) is 0.0267. The minimum absolute atomic E-state index is 0.0267. The van der Waals surface area contributed by atoms with Gasteiger partial charge in [0.15, 0.2) is 0 Å². The van der Waals surface area contributed by atoms with Crippen molar-refractivity contribution in [3.8, 4) is 0 Å². The number of benzene rings is 1. The smallest absolute Gasteiger partial charge is 0.254 e. The van der Waals surface area contributed by atoms with Crippen LogP contribution >= 0.6 is 11.3 Å². The van der Waals surface area contributed by atoms with Crippen molar-refractivity contribution >= 4 is 22.9 Å². The van der Waals surface area contributed by atoms with Gasteiger partial charge in [0.1, 0.15) is 0 Å². The van der Waals surface area contributed by atoms with Gasteiger partial charge in [-0.05, 0) is 43.0 Å². The zero-order valence-electron chi connectivity index (χ0n) is 12.1. The van der Waals surface area contributed by atoms with Gasteiger partial charge in [-0.3, -0.25) is 4.79 Å². The molecule has 0 aliphatic carbocycles. The number of anilines is 1. The Kier molecular flexibility index (Phi) is 4.45. The quantitative estimate of drug-likeness (QED) is 0.877. The topological polar surface area (TPSA) is 46.3 Å². The lowest BCUT2D eigenvalue weighted by molar-refractivity contribution is 0.0743. The number of nitrogens with two attached hydrogens (primary N) is 1. The van der Waals surface area contributed by atoms with Gasteiger partial charge in [0.2, 0.25) is 0 Å². The normalized spacial score (nSPS) is 12.2. The Morgan fingerprint density at radius 1 is 1.35 bits per heavy atom. The summed E-state index contributed by atoms with van der Waals surface area (Å²) in [7, 11) is 1.85. The Morgan fingerprint density at radius 3 is 2.75 bits per heavy atom. The molecule has 0 radical (unpaired) electrons.